The van der Waals surface area contributed by atoms with Crippen LogP contribution in [-0.2, 0) is 0 Å². The molecule has 0 saturated carbocycles. The number of benzene rings is 1. The average molecular weight is 215 g/mol. The van der Waals surface area contributed by atoms with Gasteiger partial charge in [0, 0.05) is 36.3 Å². The minimum absolute atomic E-state index is 0.0300. The normalized spacial score (nSPS) is 22.3. The first-order valence-corrected chi connectivity index (χ1v) is 5.04. The number of hydrogen-bond donors (Lipinski definition) is 2. The van der Waals surface area contributed by atoms with Gasteiger partial charge in [0.05, 0.1) is 0 Å². The molecular formula is C10H12ClFN2. The summed E-state index contributed by atoms with van der Waals surface area (Å²) < 4.78 is 13.4. The van der Waals surface area contributed by atoms with E-state index >= 15 is 0 Å². The topological polar surface area (TPSA) is 24.1 Å². The summed E-state index contributed by atoms with van der Waals surface area (Å²) >= 11 is 5.82. The van der Waals surface area contributed by atoms with Crippen molar-refractivity contribution in [2.45, 2.75) is 6.04 Å². The maximum Gasteiger partial charge on any atom is 0.128 e. The van der Waals surface area contributed by atoms with Crippen LogP contribution in [0.15, 0.2) is 18.2 Å². The summed E-state index contributed by atoms with van der Waals surface area (Å²) in [5.74, 6) is -0.199. The Hall–Kier alpha value is -0.640. The molecular weight excluding hydrogens is 203 g/mol. The second-order valence-electron chi connectivity index (χ2n) is 3.38. The molecule has 0 radical (unpaired) electrons. The summed E-state index contributed by atoms with van der Waals surface area (Å²) in [6.45, 7) is 2.53. The van der Waals surface area contributed by atoms with Gasteiger partial charge in [-0.25, -0.2) is 4.39 Å². The molecule has 2 rings (SSSR count). The zero-order valence-electron chi connectivity index (χ0n) is 7.69. The van der Waals surface area contributed by atoms with Crippen molar-refractivity contribution >= 4 is 11.6 Å². The van der Waals surface area contributed by atoms with Crippen LogP contribution >= 0.6 is 11.6 Å². The Bertz CT molecular complexity index is 324. The quantitative estimate of drug-likeness (QED) is 0.744. The zero-order valence-corrected chi connectivity index (χ0v) is 8.44. The summed E-state index contributed by atoms with van der Waals surface area (Å²) in [6.07, 6.45) is 0. The lowest BCUT2D eigenvalue weighted by Gasteiger charge is -2.25. The van der Waals surface area contributed by atoms with Gasteiger partial charge >= 0.3 is 0 Å². The Labute approximate surface area is 87.5 Å². The molecule has 2 N–H and O–H groups in total. The van der Waals surface area contributed by atoms with Crippen LogP contribution in [-0.4, -0.2) is 19.6 Å². The van der Waals surface area contributed by atoms with Crippen molar-refractivity contribution < 1.29 is 4.39 Å². The molecule has 0 unspecified atom stereocenters. The number of rotatable bonds is 1. The van der Waals surface area contributed by atoms with Crippen molar-refractivity contribution in [1.29, 1.82) is 0 Å². The lowest BCUT2D eigenvalue weighted by molar-refractivity contribution is 0.417. The van der Waals surface area contributed by atoms with E-state index in [0.29, 0.717) is 10.6 Å². The van der Waals surface area contributed by atoms with Crippen LogP contribution in [0, 0.1) is 5.82 Å². The average Bonchev–Trinajstić information content (AvgIpc) is 2.23. The standard InChI is InChI=1S/C10H12ClFN2/c11-7-1-2-9(12)8(5-7)10-6-13-3-4-14-10/h1-2,5,10,13-14H,3-4,6H2/t10-/m0/s1. The van der Waals surface area contributed by atoms with Gasteiger partial charge < -0.3 is 10.6 Å². The largest absolute Gasteiger partial charge is 0.314 e. The van der Waals surface area contributed by atoms with E-state index in [0.717, 1.165) is 19.6 Å². The lowest BCUT2D eigenvalue weighted by Crippen LogP contribution is -2.42. The summed E-state index contributed by atoms with van der Waals surface area (Å²) in [5.41, 5.74) is 0.643. The maximum atomic E-state index is 13.4. The molecule has 0 spiro atoms. The van der Waals surface area contributed by atoms with E-state index in [1.54, 1.807) is 12.1 Å². The van der Waals surface area contributed by atoms with E-state index in [1.165, 1.54) is 6.07 Å². The second kappa shape index (κ2) is 4.26. The van der Waals surface area contributed by atoms with Crippen LogP contribution in [0.3, 0.4) is 0 Å². The number of nitrogens with one attached hydrogen (secondary N) is 2. The Balaban J connectivity index is 2.24. The van der Waals surface area contributed by atoms with Crippen molar-refractivity contribution in [1.82, 2.24) is 10.6 Å². The first-order chi connectivity index (χ1) is 6.77. The number of piperazine rings is 1. The highest BCUT2D eigenvalue weighted by Crippen LogP contribution is 2.21. The van der Waals surface area contributed by atoms with Crippen LogP contribution in [0.2, 0.25) is 5.02 Å². The first-order valence-electron chi connectivity index (χ1n) is 4.66. The molecule has 1 atom stereocenters. The summed E-state index contributed by atoms with van der Waals surface area (Å²) in [5, 5.41) is 7.03. The molecule has 2 nitrogen and oxygen atoms in total. The summed E-state index contributed by atoms with van der Waals surface area (Å²) in [6, 6.07) is 4.69. The van der Waals surface area contributed by atoms with E-state index < -0.39 is 0 Å². The smallest absolute Gasteiger partial charge is 0.128 e. The highest BCUT2D eigenvalue weighted by molar-refractivity contribution is 6.30. The molecule has 1 aliphatic rings. The minimum atomic E-state index is -0.199. The van der Waals surface area contributed by atoms with Crippen molar-refractivity contribution in [2.24, 2.45) is 0 Å². The highest BCUT2D eigenvalue weighted by atomic mass is 35.5. The zero-order chi connectivity index (χ0) is 9.97. The van der Waals surface area contributed by atoms with Gasteiger partial charge in [-0.3, -0.25) is 0 Å². The molecule has 1 aliphatic heterocycles. The van der Waals surface area contributed by atoms with Crippen LogP contribution in [0.5, 0.6) is 0 Å². The van der Waals surface area contributed by atoms with Gasteiger partial charge in [0.25, 0.3) is 0 Å². The van der Waals surface area contributed by atoms with Gasteiger partial charge in [-0.15, -0.1) is 0 Å². The molecule has 0 aromatic heterocycles. The predicted molar refractivity (Wildman–Crippen MR) is 55.0 cm³/mol. The third kappa shape index (κ3) is 2.05. The third-order valence-corrected chi connectivity index (χ3v) is 2.61. The number of halogens is 2. The maximum absolute atomic E-state index is 13.4. The minimum Gasteiger partial charge on any atom is -0.314 e. The van der Waals surface area contributed by atoms with E-state index in [2.05, 4.69) is 10.6 Å². The van der Waals surface area contributed by atoms with Crippen molar-refractivity contribution in [3.8, 4) is 0 Å². The molecule has 4 heteroatoms. The van der Waals surface area contributed by atoms with Crippen LogP contribution in [0.1, 0.15) is 11.6 Å². The van der Waals surface area contributed by atoms with Gasteiger partial charge in [-0.2, -0.15) is 0 Å². The van der Waals surface area contributed by atoms with Gasteiger partial charge in [-0.05, 0) is 18.2 Å². The Morgan fingerprint density at radius 1 is 1.36 bits per heavy atom. The molecule has 0 amide bonds. The lowest BCUT2D eigenvalue weighted by atomic mass is 10.1. The van der Waals surface area contributed by atoms with Gasteiger partial charge in [0.1, 0.15) is 5.82 Å². The van der Waals surface area contributed by atoms with E-state index in [-0.39, 0.29) is 11.9 Å². The predicted octanol–water partition coefficient (Wildman–Crippen LogP) is 1.71. The molecule has 0 bridgehead atoms. The Kier molecular flexibility index (Phi) is 3.01. The fourth-order valence-electron chi connectivity index (χ4n) is 1.65. The van der Waals surface area contributed by atoms with Gasteiger partial charge in [0.2, 0.25) is 0 Å². The third-order valence-electron chi connectivity index (χ3n) is 2.37. The summed E-state index contributed by atoms with van der Waals surface area (Å²) in [7, 11) is 0. The SMILES string of the molecule is Fc1ccc(Cl)cc1[C@@H]1CNCCN1. The highest BCUT2D eigenvalue weighted by Gasteiger charge is 2.17. The Morgan fingerprint density at radius 2 is 2.21 bits per heavy atom. The van der Waals surface area contributed by atoms with Crippen LogP contribution in [0.4, 0.5) is 4.39 Å². The molecule has 14 heavy (non-hydrogen) atoms. The van der Waals surface area contributed by atoms with E-state index in [1.807, 2.05) is 0 Å². The van der Waals surface area contributed by atoms with Crippen LogP contribution < -0.4 is 10.6 Å². The second-order valence-corrected chi connectivity index (χ2v) is 3.81. The van der Waals surface area contributed by atoms with Crippen molar-refractivity contribution in [3.05, 3.63) is 34.6 Å². The number of hydrogen-bond acceptors (Lipinski definition) is 2. The Morgan fingerprint density at radius 3 is 2.93 bits per heavy atom. The van der Waals surface area contributed by atoms with Crippen molar-refractivity contribution in [3.63, 3.8) is 0 Å². The van der Waals surface area contributed by atoms with Gasteiger partial charge in [-0.1, -0.05) is 11.6 Å². The monoisotopic (exact) mass is 214 g/mol. The molecule has 1 saturated heterocycles. The molecule has 1 aromatic rings. The molecule has 1 aromatic carbocycles. The van der Waals surface area contributed by atoms with Crippen molar-refractivity contribution in [2.75, 3.05) is 19.6 Å². The van der Waals surface area contributed by atoms with Crippen LogP contribution in [0.25, 0.3) is 0 Å². The fraction of sp³-hybridized carbons (Fsp3) is 0.400. The molecule has 76 valence electrons. The molecule has 0 aliphatic carbocycles. The summed E-state index contributed by atoms with van der Waals surface area (Å²) in [4.78, 5) is 0. The molecule has 1 fully saturated rings. The fourth-order valence-corrected chi connectivity index (χ4v) is 1.84. The molecule has 1 heterocycles. The first kappa shape index (κ1) is 9.90. The van der Waals surface area contributed by atoms with E-state index in [9.17, 15) is 4.39 Å². The van der Waals surface area contributed by atoms with Gasteiger partial charge in [0.15, 0.2) is 0 Å². The van der Waals surface area contributed by atoms with E-state index in [4.69, 9.17) is 11.6 Å².